The third-order valence-electron chi connectivity index (χ3n) is 4.18. The summed E-state index contributed by atoms with van der Waals surface area (Å²) in [7, 11) is 0. The Balaban J connectivity index is 1.62. The molecule has 0 saturated carbocycles. The van der Waals surface area contributed by atoms with Crippen LogP contribution in [0.15, 0.2) is 60.7 Å². The number of carbonyl (C=O) groups is 2. The molecule has 5 heteroatoms. The van der Waals surface area contributed by atoms with Gasteiger partial charge in [0.25, 0.3) is 5.91 Å². The predicted octanol–water partition coefficient (Wildman–Crippen LogP) is 1.53. The van der Waals surface area contributed by atoms with Crippen molar-refractivity contribution < 1.29 is 14.7 Å². The summed E-state index contributed by atoms with van der Waals surface area (Å²) in [5, 5.41) is 10.3. The van der Waals surface area contributed by atoms with Crippen LogP contribution < -0.4 is 0 Å². The van der Waals surface area contributed by atoms with Crippen LogP contribution in [-0.4, -0.2) is 52.6 Å². The highest BCUT2D eigenvalue weighted by atomic mass is 16.3. The number of piperazine rings is 1. The van der Waals surface area contributed by atoms with Gasteiger partial charge in [0, 0.05) is 12.1 Å². The second-order valence-electron chi connectivity index (χ2n) is 5.86. The summed E-state index contributed by atoms with van der Waals surface area (Å²) < 4.78 is 0. The summed E-state index contributed by atoms with van der Waals surface area (Å²) in [4.78, 5) is 27.6. The molecule has 2 amide bonds. The highest BCUT2D eigenvalue weighted by molar-refractivity contribution is 5.97. The second-order valence-corrected chi connectivity index (χ2v) is 5.86. The number of rotatable bonds is 4. The topological polar surface area (TPSA) is 60.9 Å². The van der Waals surface area contributed by atoms with E-state index in [1.54, 1.807) is 24.3 Å². The van der Waals surface area contributed by atoms with E-state index in [1.807, 2.05) is 36.4 Å². The van der Waals surface area contributed by atoms with E-state index in [4.69, 9.17) is 0 Å². The zero-order chi connectivity index (χ0) is 16.9. The van der Waals surface area contributed by atoms with Gasteiger partial charge in [0.1, 0.15) is 12.8 Å². The van der Waals surface area contributed by atoms with Crippen molar-refractivity contribution >= 4 is 11.8 Å². The molecule has 1 aliphatic heterocycles. The smallest absolute Gasteiger partial charge is 0.254 e. The number of nitrogens with zero attached hydrogens (tertiary/aromatic N) is 2. The lowest BCUT2D eigenvalue weighted by atomic mass is 10.1. The third-order valence-corrected chi connectivity index (χ3v) is 4.18. The highest BCUT2D eigenvalue weighted by Crippen LogP contribution is 2.14. The molecule has 0 spiro atoms. The summed E-state index contributed by atoms with van der Waals surface area (Å²) in [5.41, 5.74) is 1.63. The maximum atomic E-state index is 12.4. The number of hydrogen-bond acceptors (Lipinski definition) is 3. The van der Waals surface area contributed by atoms with Crippen molar-refractivity contribution in [2.45, 2.75) is 12.6 Å². The number of amides is 2. The molecule has 0 bridgehead atoms. The molecular weight excluding hydrogens is 304 g/mol. The Hall–Kier alpha value is -2.66. The first-order valence-corrected chi connectivity index (χ1v) is 8.01. The molecule has 1 atom stereocenters. The fourth-order valence-electron chi connectivity index (χ4n) is 2.87. The van der Waals surface area contributed by atoms with Crippen molar-refractivity contribution in [1.82, 2.24) is 9.80 Å². The van der Waals surface area contributed by atoms with Gasteiger partial charge in [-0.2, -0.15) is 0 Å². The molecule has 1 N–H and O–H groups in total. The number of hydrogen-bond donors (Lipinski definition) is 1. The standard InChI is InChI=1S/C19H20N2O3/c22-17-13-20(19(24)16-9-5-2-6-10-16)14-18(23)21(17)12-11-15-7-3-1-4-8-15/h1-10,17,22H,11-14H2. The van der Waals surface area contributed by atoms with Gasteiger partial charge in [-0.15, -0.1) is 0 Å². The van der Waals surface area contributed by atoms with E-state index in [9.17, 15) is 14.7 Å². The Kier molecular flexibility index (Phi) is 4.91. The van der Waals surface area contributed by atoms with Crippen molar-refractivity contribution in [2.75, 3.05) is 19.6 Å². The van der Waals surface area contributed by atoms with Crippen molar-refractivity contribution in [1.29, 1.82) is 0 Å². The Morgan fingerprint density at radius 3 is 2.29 bits per heavy atom. The summed E-state index contributed by atoms with van der Waals surface area (Å²) in [6, 6.07) is 18.6. The Labute approximate surface area is 141 Å². The van der Waals surface area contributed by atoms with Gasteiger partial charge in [-0.3, -0.25) is 9.59 Å². The van der Waals surface area contributed by atoms with Gasteiger partial charge >= 0.3 is 0 Å². The molecule has 0 aromatic heterocycles. The van der Waals surface area contributed by atoms with Crippen molar-refractivity contribution in [3.05, 3.63) is 71.8 Å². The summed E-state index contributed by atoms with van der Waals surface area (Å²) >= 11 is 0. The van der Waals surface area contributed by atoms with Crippen LogP contribution in [0.4, 0.5) is 0 Å². The molecule has 1 unspecified atom stereocenters. The maximum Gasteiger partial charge on any atom is 0.254 e. The first kappa shape index (κ1) is 16.2. The normalized spacial score (nSPS) is 17.9. The van der Waals surface area contributed by atoms with Gasteiger partial charge in [-0.1, -0.05) is 48.5 Å². The van der Waals surface area contributed by atoms with Crippen molar-refractivity contribution in [3.8, 4) is 0 Å². The largest absolute Gasteiger partial charge is 0.372 e. The lowest BCUT2D eigenvalue weighted by Crippen LogP contribution is -2.58. The molecule has 1 heterocycles. The minimum Gasteiger partial charge on any atom is -0.372 e. The SMILES string of the molecule is O=C(c1ccccc1)N1CC(=O)N(CCc2ccccc2)C(O)C1. The number of carbonyl (C=O) groups excluding carboxylic acids is 2. The first-order chi connectivity index (χ1) is 11.6. The van der Waals surface area contributed by atoms with Crippen LogP contribution in [0.1, 0.15) is 15.9 Å². The van der Waals surface area contributed by atoms with Crippen LogP contribution >= 0.6 is 0 Å². The molecule has 0 radical (unpaired) electrons. The number of aliphatic hydroxyl groups excluding tert-OH is 1. The molecular formula is C19H20N2O3. The van der Waals surface area contributed by atoms with E-state index in [0.29, 0.717) is 18.5 Å². The van der Waals surface area contributed by atoms with E-state index in [-0.39, 0.29) is 24.9 Å². The fourth-order valence-corrected chi connectivity index (χ4v) is 2.87. The van der Waals surface area contributed by atoms with Gasteiger partial charge in [0.2, 0.25) is 5.91 Å². The predicted molar refractivity (Wildman–Crippen MR) is 90.2 cm³/mol. The minimum atomic E-state index is -0.970. The zero-order valence-corrected chi connectivity index (χ0v) is 13.3. The Morgan fingerprint density at radius 1 is 1.04 bits per heavy atom. The number of benzene rings is 2. The molecule has 1 saturated heterocycles. The van der Waals surface area contributed by atoms with Gasteiger partial charge in [0.05, 0.1) is 6.54 Å². The average molecular weight is 324 g/mol. The summed E-state index contributed by atoms with van der Waals surface area (Å²) in [5.74, 6) is -0.459. The van der Waals surface area contributed by atoms with Gasteiger partial charge < -0.3 is 14.9 Å². The number of aliphatic hydroxyl groups is 1. The fraction of sp³-hybridized carbons (Fsp3) is 0.263. The molecule has 5 nitrogen and oxygen atoms in total. The lowest BCUT2D eigenvalue weighted by Gasteiger charge is -2.38. The number of β-amino-alcohol motifs (C(OH)–C–C–N with tert-alkyl or cyclic N) is 1. The molecule has 2 aromatic carbocycles. The van der Waals surface area contributed by atoms with Crippen LogP contribution in [-0.2, 0) is 11.2 Å². The van der Waals surface area contributed by atoms with E-state index in [1.165, 1.54) is 9.80 Å². The molecule has 3 rings (SSSR count). The Bertz CT molecular complexity index is 703. The molecule has 2 aromatic rings. The van der Waals surface area contributed by atoms with Crippen LogP contribution in [0.3, 0.4) is 0 Å². The quantitative estimate of drug-likeness (QED) is 0.928. The van der Waals surface area contributed by atoms with Crippen LogP contribution in [0.25, 0.3) is 0 Å². The van der Waals surface area contributed by atoms with E-state index in [2.05, 4.69) is 0 Å². The Morgan fingerprint density at radius 2 is 1.67 bits per heavy atom. The van der Waals surface area contributed by atoms with E-state index in [0.717, 1.165) is 5.56 Å². The zero-order valence-electron chi connectivity index (χ0n) is 13.3. The summed E-state index contributed by atoms with van der Waals surface area (Å²) in [6.07, 6.45) is -0.293. The van der Waals surface area contributed by atoms with Crippen molar-refractivity contribution in [3.63, 3.8) is 0 Å². The molecule has 124 valence electrons. The lowest BCUT2D eigenvalue weighted by molar-refractivity contribution is -0.149. The first-order valence-electron chi connectivity index (χ1n) is 8.01. The van der Waals surface area contributed by atoms with Gasteiger partial charge in [0.15, 0.2) is 0 Å². The van der Waals surface area contributed by atoms with E-state index < -0.39 is 6.23 Å². The van der Waals surface area contributed by atoms with Crippen LogP contribution in [0.2, 0.25) is 0 Å². The van der Waals surface area contributed by atoms with Crippen molar-refractivity contribution in [2.24, 2.45) is 0 Å². The van der Waals surface area contributed by atoms with Gasteiger partial charge in [-0.05, 0) is 24.1 Å². The second kappa shape index (κ2) is 7.27. The molecule has 1 aliphatic rings. The minimum absolute atomic E-state index is 0.000419. The van der Waals surface area contributed by atoms with Crippen LogP contribution in [0.5, 0.6) is 0 Å². The van der Waals surface area contributed by atoms with Crippen LogP contribution in [0, 0.1) is 0 Å². The van der Waals surface area contributed by atoms with Gasteiger partial charge in [-0.25, -0.2) is 0 Å². The molecule has 1 fully saturated rings. The third kappa shape index (κ3) is 3.63. The summed E-state index contributed by atoms with van der Waals surface area (Å²) in [6.45, 7) is 0.575. The van der Waals surface area contributed by atoms with E-state index >= 15 is 0 Å². The average Bonchev–Trinajstić information content (AvgIpc) is 2.62. The highest BCUT2D eigenvalue weighted by Gasteiger charge is 2.33. The molecule has 24 heavy (non-hydrogen) atoms. The monoisotopic (exact) mass is 324 g/mol. The maximum absolute atomic E-state index is 12.4. The molecule has 0 aliphatic carbocycles.